The van der Waals surface area contributed by atoms with Crippen molar-refractivity contribution in [3.63, 3.8) is 0 Å². The Bertz CT molecular complexity index is 1590. The standard InChI is InChI=1S/C28H25ClN4O3S/c1-19-7-6-8-20(15-19)16-25-23(27(34)32-37(35,36)26-12-5-4-11-24(26)29)17-30-28(31-25)33-14-13-21-9-2-3-10-22(21)18-33/h2-12,15,17H,13-14,16,18H2,1H3,(H,32,34). The number of aryl methyl sites for hydroxylation is 1. The second kappa shape index (κ2) is 10.3. The molecule has 3 aromatic carbocycles. The Morgan fingerprint density at radius 1 is 1.03 bits per heavy atom. The summed E-state index contributed by atoms with van der Waals surface area (Å²) >= 11 is 6.07. The predicted octanol–water partition coefficient (Wildman–Crippen LogP) is 4.71. The molecule has 9 heteroatoms. The van der Waals surface area contributed by atoms with Crippen LogP contribution in [0.2, 0.25) is 5.02 Å². The van der Waals surface area contributed by atoms with Gasteiger partial charge >= 0.3 is 0 Å². The molecule has 2 heterocycles. The normalized spacial score (nSPS) is 13.2. The van der Waals surface area contributed by atoms with Crippen LogP contribution in [0.4, 0.5) is 5.95 Å². The molecule has 0 spiro atoms. The van der Waals surface area contributed by atoms with Crippen molar-refractivity contribution in [3.8, 4) is 0 Å². The molecule has 0 unspecified atom stereocenters. The Balaban J connectivity index is 1.49. The van der Waals surface area contributed by atoms with Gasteiger partial charge in [0.15, 0.2) is 0 Å². The van der Waals surface area contributed by atoms with Crippen LogP contribution in [0.25, 0.3) is 0 Å². The molecule has 0 radical (unpaired) electrons. The average Bonchev–Trinajstić information content (AvgIpc) is 2.88. The van der Waals surface area contributed by atoms with Gasteiger partial charge in [-0.1, -0.05) is 77.8 Å². The maximum absolute atomic E-state index is 13.2. The van der Waals surface area contributed by atoms with Crippen molar-refractivity contribution in [2.24, 2.45) is 0 Å². The molecule has 0 atom stereocenters. The molecular weight excluding hydrogens is 508 g/mol. The molecule has 0 saturated heterocycles. The highest BCUT2D eigenvalue weighted by Gasteiger charge is 2.25. The van der Waals surface area contributed by atoms with E-state index in [-0.39, 0.29) is 15.5 Å². The highest BCUT2D eigenvalue weighted by molar-refractivity contribution is 7.90. The van der Waals surface area contributed by atoms with Crippen LogP contribution in [0.15, 0.2) is 83.9 Å². The highest BCUT2D eigenvalue weighted by Crippen LogP contribution is 2.25. The van der Waals surface area contributed by atoms with Crippen LogP contribution < -0.4 is 9.62 Å². The topological polar surface area (TPSA) is 92.3 Å². The lowest BCUT2D eigenvalue weighted by Gasteiger charge is -2.29. The first kappa shape index (κ1) is 24.9. The molecular formula is C28H25ClN4O3S. The van der Waals surface area contributed by atoms with Crippen LogP contribution in [0, 0.1) is 6.92 Å². The minimum Gasteiger partial charge on any atom is -0.336 e. The molecule has 0 saturated carbocycles. The number of hydrogen-bond donors (Lipinski definition) is 1. The van der Waals surface area contributed by atoms with Crippen LogP contribution in [-0.4, -0.2) is 30.8 Å². The molecule has 1 aromatic heterocycles. The SMILES string of the molecule is Cc1cccc(Cc2nc(N3CCc4ccccc4C3)ncc2C(=O)NS(=O)(=O)c2ccccc2Cl)c1. The van der Waals surface area contributed by atoms with Gasteiger partial charge in [0.1, 0.15) is 4.90 Å². The van der Waals surface area contributed by atoms with Gasteiger partial charge in [0, 0.05) is 25.7 Å². The largest absolute Gasteiger partial charge is 0.336 e. The van der Waals surface area contributed by atoms with Crippen molar-refractivity contribution in [2.45, 2.75) is 31.2 Å². The quantitative estimate of drug-likeness (QED) is 0.386. The second-order valence-electron chi connectivity index (χ2n) is 9.00. The summed E-state index contributed by atoms with van der Waals surface area (Å²) in [5, 5.41) is 0.0276. The van der Waals surface area contributed by atoms with E-state index in [1.807, 2.05) is 43.3 Å². The van der Waals surface area contributed by atoms with Crippen molar-refractivity contribution in [2.75, 3.05) is 11.4 Å². The van der Waals surface area contributed by atoms with Crippen LogP contribution >= 0.6 is 11.6 Å². The Hall–Kier alpha value is -3.75. The van der Waals surface area contributed by atoms with Gasteiger partial charge in [-0.15, -0.1) is 0 Å². The Morgan fingerprint density at radius 2 is 1.78 bits per heavy atom. The highest BCUT2D eigenvalue weighted by atomic mass is 35.5. The minimum absolute atomic E-state index is 0.0276. The van der Waals surface area contributed by atoms with Gasteiger partial charge in [-0.2, -0.15) is 0 Å². The first-order valence-electron chi connectivity index (χ1n) is 11.8. The first-order valence-corrected chi connectivity index (χ1v) is 13.7. The number of anilines is 1. The van der Waals surface area contributed by atoms with Gasteiger partial charge in [-0.05, 0) is 42.2 Å². The molecule has 1 N–H and O–H groups in total. The molecule has 0 bridgehead atoms. The zero-order valence-corrected chi connectivity index (χ0v) is 21.8. The minimum atomic E-state index is -4.20. The first-order chi connectivity index (χ1) is 17.8. The smallest absolute Gasteiger partial charge is 0.268 e. The fraction of sp³-hybridized carbons (Fsp3) is 0.179. The van der Waals surface area contributed by atoms with Gasteiger partial charge in [0.2, 0.25) is 5.95 Å². The number of sulfonamides is 1. The van der Waals surface area contributed by atoms with Crippen LogP contribution in [0.1, 0.15) is 38.3 Å². The number of nitrogens with one attached hydrogen (secondary N) is 1. The van der Waals surface area contributed by atoms with Gasteiger partial charge in [0.25, 0.3) is 15.9 Å². The lowest BCUT2D eigenvalue weighted by Crippen LogP contribution is -2.34. The van der Waals surface area contributed by atoms with Crippen molar-refractivity contribution in [3.05, 3.63) is 118 Å². The number of halogens is 1. The number of rotatable bonds is 6. The summed E-state index contributed by atoms with van der Waals surface area (Å²) in [6, 6.07) is 22.1. The summed E-state index contributed by atoms with van der Waals surface area (Å²) in [6.07, 6.45) is 2.62. The van der Waals surface area contributed by atoms with E-state index >= 15 is 0 Å². The van der Waals surface area contributed by atoms with Crippen molar-refractivity contribution in [1.29, 1.82) is 0 Å². The third kappa shape index (κ3) is 5.50. The molecule has 0 aliphatic carbocycles. The molecule has 4 aromatic rings. The number of nitrogens with zero attached hydrogens (tertiary/aromatic N) is 3. The maximum atomic E-state index is 13.2. The molecule has 1 aliphatic heterocycles. The summed E-state index contributed by atoms with van der Waals surface area (Å²) < 4.78 is 28.0. The number of amides is 1. The number of fused-ring (bicyclic) bond motifs is 1. The maximum Gasteiger partial charge on any atom is 0.268 e. The van der Waals surface area contributed by atoms with Crippen LogP contribution in [0.3, 0.4) is 0 Å². The molecule has 1 aliphatic rings. The van der Waals surface area contributed by atoms with E-state index in [0.29, 0.717) is 24.6 Å². The Labute approximate surface area is 221 Å². The molecule has 37 heavy (non-hydrogen) atoms. The summed E-state index contributed by atoms with van der Waals surface area (Å²) in [7, 11) is -4.20. The monoisotopic (exact) mass is 532 g/mol. The number of hydrogen-bond acceptors (Lipinski definition) is 6. The summed E-state index contributed by atoms with van der Waals surface area (Å²) in [4.78, 5) is 24.4. The second-order valence-corrected chi connectivity index (χ2v) is 11.1. The lowest BCUT2D eigenvalue weighted by molar-refractivity contribution is 0.0980. The predicted molar refractivity (Wildman–Crippen MR) is 143 cm³/mol. The summed E-state index contributed by atoms with van der Waals surface area (Å²) in [5.41, 5.74) is 5.09. The fourth-order valence-corrected chi connectivity index (χ4v) is 5.95. The molecule has 188 valence electrons. The number of benzene rings is 3. The van der Waals surface area contributed by atoms with E-state index in [1.54, 1.807) is 12.1 Å². The summed E-state index contributed by atoms with van der Waals surface area (Å²) in [6.45, 7) is 3.39. The van der Waals surface area contributed by atoms with Gasteiger partial charge < -0.3 is 4.90 Å². The van der Waals surface area contributed by atoms with Crippen molar-refractivity contribution >= 4 is 33.5 Å². The third-order valence-electron chi connectivity index (χ3n) is 6.32. The molecule has 0 fully saturated rings. The van der Waals surface area contributed by atoms with E-state index in [4.69, 9.17) is 16.6 Å². The Morgan fingerprint density at radius 3 is 2.57 bits per heavy atom. The van der Waals surface area contributed by atoms with Gasteiger partial charge in [-0.3, -0.25) is 4.79 Å². The van der Waals surface area contributed by atoms with Crippen LogP contribution in [0.5, 0.6) is 0 Å². The number of carbonyl (C=O) groups excluding carboxylic acids is 1. The van der Waals surface area contributed by atoms with Gasteiger partial charge in [-0.25, -0.2) is 23.1 Å². The third-order valence-corrected chi connectivity index (χ3v) is 8.15. The van der Waals surface area contributed by atoms with Crippen LogP contribution in [-0.2, 0) is 29.4 Å². The van der Waals surface area contributed by atoms with Crippen molar-refractivity contribution < 1.29 is 13.2 Å². The molecule has 1 amide bonds. The number of carbonyl (C=O) groups is 1. The average molecular weight is 533 g/mol. The zero-order chi connectivity index (χ0) is 26.0. The molecule has 7 nitrogen and oxygen atoms in total. The Kier molecular flexibility index (Phi) is 6.95. The van der Waals surface area contributed by atoms with E-state index in [1.165, 1.54) is 29.5 Å². The fourth-order valence-electron chi connectivity index (χ4n) is 4.46. The van der Waals surface area contributed by atoms with E-state index < -0.39 is 15.9 Å². The van der Waals surface area contributed by atoms with E-state index in [9.17, 15) is 13.2 Å². The van der Waals surface area contributed by atoms with E-state index in [2.05, 4.69) is 26.7 Å². The van der Waals surface area contributed by atoms with Crippen molar-refractivity contribution in [1.82, 2.24) is 14.7 Å². The van der Waals surface area contributed by atoms with E-state index in [0.717, 1.165) is 24.1 Å². The zero-order valence-electron chi connectivity index (χ0n) is 20.2. The summed E-state index contributed by atoms with van der Waals surface area (Å²) in [5.74, 6) is -0.305. The lowest BCUT2D eigenvalue weighted by atomic mass is 10.0. The molecule has 5 rings (SSSR count). The van der Waals surface area contributed by atoms with Gasteiger partial charge in [0.05, 0.1) is 16.3 Å². The number of aromatic nitrogens is 2.